The zero-order valence-corrected chi connectivity index (χ0v) is 7.69. The quantitative estimate of drug-likeness (QED) is 0.573. The van der Waals surface area contributed by atoms with E-state index in [0.717, 1.165) is 6.07 Å². The maximum absolute atomic E-state index is 11.0. The van der Waals surface area contributed by atoms with Crippen LogP contribution in [0.25, 0.3) is 0 Å². The van der Waals surface area contributed by atoms with E-state index in [2.05, 4.69) is 0 Å². The van der Waals surface area contributed by atoms with Crippen molar-refractivity contribution >= 4 is 21.5 Å². The molecule has 0 aliphatic heterocycles. The summed E-state index contributed by atoms with van der Waals surface area (Å²) in [5.74, 6) is 0. The van der Waals surface area contributed by atoms with Gasteiger partial charge in [-0.3, -0.25) is 14.1 Å². The average Bonchev–Trinajstić information content (AvgIpc) is 2.15. The summed E-state index contributed by atoms with van der Waals surface area (Å²) in [6.45, 7) is 0. The van der Waals surface area contributed by atoms with Crippen LogP contribution in [0.4, 0.5) is 0 Å². The van der Waals surface area contributed by atoms with Crippen LogP contribution in [0, 0.1) is 0 Å². The molecular formula is C8H6O5S. The van der Waals surface area contributed by atoms with E-state index in [1.165, 1.54) is 18.2 Å². The molecule has 5 nitrogen and oxygen atoms in total. The number of rotatable bonds is 2. The van der Waals surface area contributed by atoms with Crippen LogP contribution in [0.1, 0.15) is 20.7 Å². The highest BCUT2D eigenvalue weighted by Gasteiger charge is 2.20. The minimum absolute atomic E-state index is 0.166. The van der Waals surface area contributed by atoms with Gasteiger partial charge in [-0.25, -0.2) is 0 Å². The van der Waals surface area contributed by atoms with Gasteiger partial charge in [-0.1, -0.05) is 18.2 Å². The number of carbonyl (C=O) groups excluding carboxylic acids is 2. The summed E-state index contributed by atoms with van der Waals surface area (Å²) in [4.78, 5) is 21.3. The normalized spacial score (nSPS) is 10.9. The molecule has 0 radical (unpaired) electrons. The van der Waals surface area contributed by atoms with Gasteiger partial charge in [0.15, 0.2) is 0 Å². The van der Waals surface area contributed by atoms with Gasteiger partial charge in [0.05, 0.1) is 0 Å². The van der Waals surface area contributed by atoms with Gasteiger partial charge in [0, 0.05) is 11.1 Å². The van der Waals surface area contributed by atoms with E-state index >= 15 is 0 Å². The summed E-state index contributed by atoms with van der Waals surface area (Å²) < 4.78 is 29.3. The van der Waals surface area contributed by atoms with Gasteiger partial charge in [0.2, 0.25) is 0 Å². The number of carbonyl (C=O) groups is 2. The zero-order chi connectivity index (χ0) is 10.8. The van der Waals surface area contributed by atoms with Crippen molar-refractivity contribution < 1.29 is 22.6 Å². The van der Waals surface area contributed by atoms with Gasteiger partial charge in [-0.15, -0.1) is 0 Å². The van der Waals surface area contributed by atoms with Crippen LogP contribution in [0.2, 0.25) is 0 Å². The highest BCUT2D eigenvalue weighted by Crippen LogP contribution is 2.07. The van der Waals surface area contributed by atoms with Crippen molar-refractivity contribution in [1.82, 2.24) is 0 Å². The van der Waals surface area contributed by atoms with Crippen molar-refractivity contribution in [3.63, 3.8) is 0 Å². The Bertz CT molecular complexity index is 474. The van der Waals surface area contributed by atoms with E-state index in [-0.39, 0.29) is 11.1 Å². The molecule has 1 rings (SSSR count). The molecule has 0 unspecified atom stereocenters. The van der Waals surface area contributed by atoms with Crippen molar-refractivity contribution in [2.75, 3.05) is 0 Å². The average molecular weight is 214 g/mol. The zero-order valence-electron chi connectivity index (χ0n) is 6.88. The molecule has 0 aliphatic rings. The molecule has 74 valence electrons. The molecule has 0 heterocycles. The molecule has 0 saturated carbocycles. The second kappa shape index (κ2) is 3.69. The van der Waals surface area contributed by atoms with E-state index in [1.54, 1.807) is 0 Å². The van der Waals surface area contributed by atoms with E-state index in [0.29, 0.717) is 6.29 Å². The van der Waals surface area contributed by atoms with Crippen LogP contribution in [0.5, 0.6) is 0 Å². The molecule has 0 aromatic heterocycles. The molecular weight excluding hydrogens is 208 g/mol. The molecule has 0 amide bonds. The minimum atomic E-state index is -4.74. The molecule has 0 fully saturated rings. The summed E-state index contributed by atoms with van der Waals surface area (Å²) in [6, 6.07) is 5.04. The number of hydrogen-bond acceptors (Lipinski definition) is 4. The van der Waals surface area contributed by atoms with Gasteiger partial charge >= 0.3 is 15.2 Å². The lowest BCUT2D eigenvalue weighted by Crippen LogP contribution is -2.13. The molecule has 0 atom stereocenters. The Morgan fingerprint density at radius 1 is 1.36 bits per heavy atom. The lowest BCUT2D eigenvalue weighted by Gasteiger charge is -1.97. The molecule has 6 heteroatoms. The summed E-state index contributed by atoms with van der Waals surface area (Å²) >= 11 is 0. The van der Waals surface area contributed by atoms with Gasteiger partial charge in [-0.05, 0) is 6.07 Å². The second-order valence-electron chi connectivity index (χ2n) is 2.51. The molecule has 14 heavy (non-hydrogen) atoms. The Kier molecular flexibility index (Phi) is 2.78. The van der Waals surface area contributed by atoms with Gasteiger partial charge < -0.3 is 0 Å². The molecule has 0 bridgehead atoms. The highest BCUT2D eigenvalue weighted by molar-refractivity contribution is 8.01. The molecule has 0 spiro atoms. The maximum atomic E-state index is 11.0. The van der Waals surface area contributed by atoms with Gasteiger partial charge in [-0.2, -0.15) is 8.42 Å². The SMILES string of the molecule is O=Cc1cccc(C(=O)S(=O)(=O)O)c1. The van der Waals surface area contributed by atoms with Crippen molar-refractivity contribution in [3.8, 4) is 0 Å². The Hall–Kier alpha value is -1.53. The number of benzene rings is 1. The van der Waals surface area contributed by atoms with Crippen molar-refractivity contribution in [3.05, 3.63) is 35.4 Å². The first-order chi connectivity index (χ1) is 6.45. The van der Waals surface area contributed by atoms with Crippen LogP contribution < -0.4 is 0 Å². The van der Waals surface area contributed by atoms with Crippen LogP contribution in [0.15, 0.2) is 24.3 Å². The summed E-state index contributed by atoms with van der Waals surface area (Å²) in [7, 11) is -4.74. The van der Waals surface area contributed by atoms with Crippen LogP contribution in [-0.2, 0) is 10.1 Å². The largest absolute Gasteiger partial charge is 0.333 e. The van der Waals surface area contributed by atoms with Gasteiger partial charge in [0.25, 0.3) is 0 Å². The fourth-order valence-corrected chi connectivity index (χ4v) is 1.31. The fraction of sp³-hybridized carbons (Fsp3) is 0. The first-order valence-electron chi connectivity index (χ1n) is 3.52. The number of aldehydes is 1. The molecule has 0 aliphatic carbocycles. The molecule has 0 saturated heterocycles. The maximum Gasteiger partial charge on any atom is 0.333 e. The summed E-state index contributed by atoms with van der Waals surface area (Å²) in [5, 5.41) is -1.42. The second-order valence-corrected chi connectivity index (χ2v) is 3.83. The third-order valence-corrected chi connectivity index (χ3v) is 2.20. The molecule has 1 aromatic rings. The smallest absolute Gasteiger partial charge is 0.298 e. The third kappa shape index (κ3) is 2.24. The standard InChI is InChI=1S/C8H6O5S/c9-5-6-2-1-3-7(4-6)8(10)14(11,12)13/h1-5H,(H,11,12,13). The first-order valence-corrected chi connectivity index (χ1v) is 4.96. The van der Waals surface area contributed by atoms with E-state index in [1.807, 2.05) is 0 Å². The first kappa shape index (κ1) is 10.6. The monoisotopic (exact) mass is 214 g/mol. The fourth-order valence-electron chi connectivity index (χ4n) is 0.888. The van der Waals surface area contributed by atoms with Crippen LogP contribution in [0.3, 0.4) is 0 Å². The summed E-state index contributed by atoms with van der Waals surface area (Å²) in [5.41, 5.74) is -0.0726. The Balaban J connectivity index is 3.21. The lowest BCUT2D eigenvalue weighted by molar-refractivity contribution is 0.106. The predicted molar refractivity (Wildman–Crippen MR) is 47.7 cm³/mol. The molecule has 1 aromatic carbocycles. The lowest BCUT2D eigenvalue weighted by atomic mass is 10.1. The van der Waals surface area contributed by atoms with Crippen LogP contribution >= 0.6 is 0 Å². The van der Waals surface area contributed by atoms with E-state index in [9.17, 15) is 18.0 Å². The Labute approximate surface area is 80.1 Å². The Morgan fingerprint density at radius 2 is 2.00 bits per heavy atom. The minimum Gasteiger partial charge on any atom is -0.298 e. The summed E-state index contributed by atoms with van der Waals surface area (Å²) in [6.07, 6.45) is 0.473. The van der Waals surface area contributed by atoms with Crippen LogP contribution in [-0.4, -0.2) is 24.4 Å². The predicted octanol–water partition coefficient (Wildman–Crippen LogP) is 0.527. The molecule has 1 N–H and O–H groups in total. The van der Waals surface area contributed by atoms with Crippen molar-refractivity contribution in [1.29, 1.82) is 0 Å². The van der Waals surface area contributed by atoms with E-state index in [4.69, 9.17) is 4.55 Å². The third-order valence-electron chi connectivity index (χ3n) is 1.49. The highest BCUT2D eigenvalue weighted by atomic mass is 32.2. The van der Waals surface area contributed by atoms with E-state index < -0.39 is 15.2 Å². The number of hydrogen-bond donors (Lipinski definition) is 1. The van der Waals surface area contributed by atoms with Crippen molar-refractivity contribution in [2.24, 2.45) is 0 Å². The Morgan fingerprint density at radius 3 is 2.50 bits per heavy atom. The topological polar surface area (TPSA) is 88.5 Å². The van der Waals surface area contributed by atoms with Crippen molar-refractivity contribution in [2.45, 2.75) is 0 Å². The van der Waals surface area contributed by atoms with Gasteiger partial charge in [0.1, 0.15) is 6.29 Å².